The molecule has 3 rings (SSSR count). The van der Waals surface area contributed by atoms with Gasteiger partial charge in [-0.25, -0.2) is 0 Å². The quantitative estimate of drug-likeness (QED) is 0.424. The van der Waals surface area contributed by atoms with Crippen LogP contribution in [-0.2, 0) is 6.54 Å². The van der Waals surface area contributed by atoms with E-state index >= 15 is 0 Å². The van der Waals surface area contributed by atoms with E-state index in [1.807, 2.05) is 37.2 Å². The second-order valence-electron chi connectivity index (χ2n) is 7.56. The van der Waals surface area contributed by atoms with E-state index in [2.05, 4.69) is 20.5 Å². The molecule has 2 heterocycles. The first-order valence-electron chi connectivity index (χ1n) is 10.3. The standard InChI is InChI=1S/C23H27N7O2/c1-17-20(27-26-19-11-9-18(10-12-19)25-24-2)22(31)30(16-8-13-28(3)4)23(32)21(17)29-14-6-5-7-15-29/h5-7,9-12,14-15H,8,13,16H2,1-4H3/p+1. The van der Waals surface area contributed by atoms with Crippen molar-refractivity contribution >= 4 is 17.1 Å². The van der Waals surface area contributed by atoms with Gasteiger partial charge in [-0.2, -0.15) is 19.9 Å². The summed E-state index contributed by atoms with van der Waals surface area (Å²) in [7, 11) is 5.54. The summed E-state index contributed by atoms with van der Waals surface area (Å²) in [6, 6.07) is 12.7. The van der Waals surface area contributed by atoms with Crippen LogP contribution < -0.4 is 10.1 Å². The van der Waals surface area contributed by atoms with E-state index in [4.69, 9.17) is 0 Å². The molecule has 0 aliphatic rings. The van der Waals surface area contributed by atoms with Crippen LogP contribution in [-0.4, -0.2) is 42.3 Å². The van der Waals surface area contributed by atoms with Crippen LogP contribution in [0.25, 0.3) is 5.69 Å². The zero-order valence-corrected chi connectivity index (χ0v) is 18.8. The number of pyridine rings is 2. The number of azo groups is 2. The Morgan fingerprint density at radius 2 is 1.62 bits per heavy atom. The van der Waals surface area contributed by atoms with E-state index in [1.54, 1.807) is 55.2 Å². The van der Waals surface area contributed by atoms with E-state index in [1.165, 1.54) is 4.57 Å². The second-order valence-corrected chi connectivity index (χ2v) is 7.56. The molecule has 0 fully saturated rings. The number of rotatable bonds is 8. The molecule has 9 heteroatoms. The van der Waals surface area contributed by atoms with Crippen molar-refractivity contribution in [2.45, 2.75) is 19.9 Å². The average Bonchev–Trinajstić information content (AvgIpc) is 2.78. The van der Waals surface area contributed by atoms with Crippen LogP contribution in [0.2, 0.25) is 0 Å². The van der Waals surface area contributed by atoms with E-state index < -0.39 is 0 Å². The summed E-state index contributed by atoms with van der Waals surface area (Å²) >= 11 is 0. The van der Waals surface area contributed by atoms with Crippen LogP contribution in [0.4, 0.5) is 17.1 Å². The number of nitrogens with zero attached hydrogens (tertiary/aromatic N) is 7. The van der Waals surface area contributed by atoms with Gasteiger partial charge < -0.3 is 10.0 Å². The van der Waals surface area contributed by atoms with E-state index in [-0.39, 0.29) is 17.1 Å². The van der Waals surface area contributed by atoms with Crippen LogP contribution in [0.5, 0.6) is 5.88 Å². The van der Waals surface area contributed by atoms with Crippen molar-refractivity contribution in [2.75, 3.05) is 27.7 Å². The van der Waals surface area contributed by atoms with Gasteiger partial charge in [0.25, 0.3) is 5.69 Å². The van der Waals surface area contributed by atoms with Gasteiger partial charge in [0.05, 0.1) is 16.9 Å². The van der Waals surface area contributed by atoms with Crippen LogP contribution in [0.3, 0.4) is 0 Å². The van der Waals surface area contributed by atoms with Crippen LogP contribution in [0.15, 0.2) is 80.1 Å². The highest BCUT2D eigenvalue weighted by molar-refractivity contribution is 5.59. The van der Waals surface area contributed by atoms with Crippen molar-refractivity contribution in [3.05, 3.63) is 70.8 Å². The minimum absolute atomic E-state index is 0.188. The Labute approximate surface area is 187 Å². The lowest BCUT2D eigenvalue weighted by Gasteiger charge is -2.14. The second kappa shape index (κ2) is 10.5. The first-order chi connectivity index (χ1) is 15.4. The van der Waals surface area contributed by atoms with Gasteiger partial charge in [0.2, 0.25) is 5.88 Å². The molecular weight excluding hydrogens is 406 g/mol. The summed E-state index contributed by atoms with van der Waals surface area (Å²) in [5, 5.41) is 27.2. The Morgan fingerprint density at radius 3 is 2.22 bits per heavy atom. The summed E-state index contributed by atoms with van der Waals surface area (Å²) < 4.78 is 3.11. The molecule has 0 unspecified atom stereocenters. The van der Waals surface area contributed by atoms with Gasteiger partial charge in [-0.1, -0.05) is 6.07 Å². The Hall–Kier alpha value is -3.72. The monoisotopic (exact) mass is 434 g/mol. The summed E-state index contributed by atoms with van der Waals surface area (Å²) in [6.07, 6.45) is 4.30. The third-order valence-corrected chi connectivity index (χ3v) is 4.92. The molecule has 0 bridgehead atoms. The van der Waals surface area contributed by atoms with Crippen molar-refractivity contribution in [1.82, 2.24) is 9.47 Å². The predicted octanol–water partition coefficient (Wildman–Crippen LogP) is 4.22. The first kappa shape index (κ1) is 23.0. The molecule has 0 amide bonds. The van der Waals surface area contributed by atoms with Crippen molar-refractivity contribution < 1.29 is 9.67 Å². The molecule has 0 radical (unpaired) electrons. The highest BCUT2D eigenvalue weighted by Gasteiger charge is 2.25. The number of aromatic nitrogens is 2. The lowest BCUT2D eigenvalue weighted by atomic mass is 10.2. The van der Waals surface area contributed by atoms with Gasteiger partial charge in [0, 0.05) is 25.7 Å². The summed E-state index contributed by atoms with van der Waals surface area (Å²) in [4.78, 5) is 15.3. The third-order valence-electron chi connectivity index (χ3n) is 4.92. The van der Waals surface area contributed by atoms with Gasteiger partial charge in [-0.15, -0.1) is 5.11 Å². The molecule has 0 saturated carbocycles. The zero-order chi connectivity index (χ0) is 23.1. The molecule has 0 aliphatic carbocycles. The maximum Gasteiger partial charge on any atom is 0.326 e. The Bertz CT molecular complexity index is 1170. The van der Waals surface area contributed by atoms with Crippen molar-refractivity contribution in [2.24, 2.45) is 20.5 Å². The molecule has 0 saturated heterocycles. The lowest BCUT2D eigenvalue weighted by Crippen LogP contribution is -2.40. The van der Waals surface area contributed by atoms with E-state index in [0.717, 1.165) is 6.54 Å². The highest BCUT2D eigenvalue weighted by Crippen LogP contribution is 2.32. The number of benzene rings is 1. The summed E-state index contributed by atoms with van der Waals surface area (Å²) in [6.45, 7) is 2.91. The predicted molar refractivity (Wildman–Crippen MR) is 123 cm³/mol. The molecule has 9 nitrogen and oxygen atoms in total. The van der Waals surface area contributed by atoms with E-state index in [0.29, 0.717) is 35.6 Å². The molecule has 0 spiro atoms. The lowest BCUT2D eigenvalue weighted by molar-refractivity contribution is -0.597. The van der Waals surface area contributed by atoms with Gasteiger partial charge in [0.15, 0.2) is 18.1 Å². The Balaban J connectivity index is 2.08. The molecule has 32 heavy (non-hydrogen) atoms. The van der Waals surface area contributed by atoms with Gasteiger partial charge in [-0.3, -0.25) is 9.36 Å². The molecule has 2 aromatic heterocycles. The molecule has 1 N–H and O–H groups in total. The van der Waals surface area contributed by atoms with Crippen LogP contribution in [0.1, 0.15) is 12.0 Å². The average molecular weight is 435 g/mol. The normalized spacial score (nSPS) is 11.8. The SMILES string of the molecule is CN=Nc1ccc(/N=N/c2c(C)c(-[n+]3ccccc3)c(=O)n(CCCN(C)C)c2O)cc1. The Morgan fingerprint density at radius 1 is 1.00 bits per heavy atom. The first-order valence-corrected chi connectivity index (χ1v) is 10.3. The minimum Gasteiger partial charge on any atom is -0.493 e. The van der Waals surface area contributed by atoms with Crippen molar-refractivity contribution in [1.29, 1.82) is 0 Å². The van der Waals surface area contributed by atoms with Crippen molar-refractivity contribution in [3.8, 4) is 11.6 Å². The summed E-state index contributed by atoms with van der Waals surface area (Å²) in [5.74, 6) is -0.188. The maximum absolute atomic E-state index is 13.3. The van der Waals surface area contributed by atoms with Crippen LogP contribution in [0, 0.1) is 6.92 Å². The van der Waals surface area contributed by atoms with Gasteiger partial charge in [-0.05, 0) is 58.3 Å². The molecule has 166 valence electrons. The molecule has 1 aromatic carbocycles. The number of aromatic hydroxyl groups is 1. The fraction of sp³-hybridized carbons (Fsp3) is 0.304. The highest BCUT2D eigenvalue weighted by atomic mass is 16.3. The van der Waals surface area contributed by atoms with Gasteiger partial charge >= 0.3 is 5.56 Å². The number of hydrogen-bond donors (Lipinski definition) is 1. The topological polar surface area (TPSA) is 98.8 Å². The fourth-order valence-electron chi connectivity index (χ4n) is 3.33. The largest absolute Gasteiger partial charge is 0.493 e. The fourth-order valence-corrected chi connectivity index (χ4v) is 3.33. The third kappa shape index (κ3) is 5.30. The molecular formula is C23H28N7O2+. The minimum atomic E-state index is -0.275. The van der Waals surface area contributed by atoms with E-state index in [9.17, 15) is 9.90 Å². The maximum atomic E-state index is 13.3. The molecule has 0 aliphatic heterocycles. The van der Waals surface area contributed by atoms with Crippen LogP contribution >= 0.6 is 0 Å². The van der Waals surface area contributed by atoms with Crippen molar-refractivity contribution in [3.63, 3.8) is 0 Å². The molecule has 0 atom stereocenters. The zero-order valence-electron chi connectivity index (χ0n) is 18.8. The Kier molecular flexibility index (Phi) is 7.56. The van der Waals surface area contributed by atoms with Gasteiger partial charge in [0.1, 0.15) is 0 Å². The number of hydrogen-bond acceptors (Lipinski definition) is 7. The molecule has 3 aromatic rings. The summed E-state index contributed by atoms with van der Waals surface area (Å²) in [5.41, 5.74) is 2.27. The smallest absolute Gasteiger partial charge is 0.326 e.